The lowest BCUT2D eigenvalue weighted by Crippen LogP contribution is -2.17. The van der Waals surface area contributed by atoms with E-state index in [1.165, 1.54) is 7.11 Å². The van der Waals surface area contributed by atoms with E-state index in [4.69, 9.17) is 14.2 Å². The van der Waals surface area contributed by atoms with E-state index in [1.54, 1.807) is 30.5 Å². The van der Waals surface area contributed by atoms with Crippen LogP contribution in [0.4, 0.5) is 0 Å². The molecule has 0 radical (unpaired) electrons. The number of ether oxygens (including phenoxy) is 3. The first-order valence-corrected chi connectivity index (χ1v) is 9.71. The molecule has 158 valence electrons. The molecule has 0 aliphatic heterocycles. The molecule has 0 saturated heterocycles. The molecule has 0 spiro atoms. The number of hydrogen-bond donors (Lipinski definition) is 1. The van der Waals surface area contributed by atoms with Gasteiger partial charge < -0.3 is 14.2 Å². The molecular formula is C25H24N2O4. The van der Waals surface area contributed by atoms with Gasteiger partial charge in [-0.1, -0.05) is 43.0 Å². The molecule has 0 atom stereocenters. The minimum absolute atomic E-state index is 0.352. The largest absolute Gasteiger partial charge is 0.493 e. The van der Waals surface area contributed by atoms with E-state index in [0.29, 0.717) is 30.3 Å². The molecule has 0 unspecified atom stereocenters. The summed E-state index contributed by atoms with van der Waals surface area (Å²) in [5.74, 6) is 1.42. The molecule has 6 nitrogen and oxygen atoms in total. The van der Waals surface area contributed by atoms with Gasteiger partial charge in [0.05, 0.1) is 13.3 Å². The second-order valence-electron chi connectivity index (χ2n) is 6.51. The molecule has 1 amide bonds. The Labute approximate surface area is 181 Å². The van der Waals surface area contributed by atoms with Crippen LogP contribution in [0.1, 0.15) is 21.5 Å². The van der Waals surface area contributed by atoms with Crippen molar-refractivity contribution in [3.8, 4) is 17.2 Å². The van der Waals surface area contributed by atoms with Crippen LogP contribution >= 0.6 is 0 Å². The molecule has 0 bridgehead atoms. The van der Waals surface area contributed by atoms with E-state index in [1.807, 2.05) is 54.6 Å². The van der Waals surface area contributed by atoms with Gasteiger partial charge in [0.15, 0.2) is 11.5 Å². The first-order chi connectivity index (χ1) is 15.2. The molecule has 0 fully saturated rings. The molecule has 0 heterocycles. The Balaban J connectivity index is 1.58. The molecule has 3 aromatic rings. The van der Waals surface area contributed by atoms with Crippen molar-refractivity contribution in [2.75, 3.05) is 13.7 Å². The van der Waals surface area contributed by atoms with Crippen molar-refractivity contribution < 1.29 is 19.0 Å². The second kappa shape index (κ2) is 11.2. The predicted octanol–water partition coefficient (Wildman–Crippen LogP) is 4.60. The van der Waals surface area contributed by atoms with Crippen LogP contribution in [0, 0.1) is 0 Å². The highest BCUT2D eigenvalue weighted by atomic mass is 16.5. The maximum Gasteiger partial charge on any atom is 0.271 e. The van der Waals surface area contributed by atoms with Crippen LogP contribution in [-0.2, 0) is 6.61 Å². The average Bonchev–Trinajstić information content (AvgIpc) is 2.82. The summed E-state index contributed by atoms with van der Waals surface area (Å²) >= 11 is 0. The van der Waals surface area contributed by atoms with Gasteiger partial charge in [-0.15, -0.1) is 0 Å². The number of nitrogens with one attached hydrogen (secondary N) is 1. The third kappa shape index (κ3) is 6.47. The van der Waals surface area contributed by atoms with E-state index in [-0.39, 0.29) is 5.91 Å². The van der Waals surface area contributed by atoms with Gasteiger partial charge in [0.25, 0.3) is 5.91 Å². The minimum Gasteiger partial charge on any atom is -0.493 e. The Kier molecular flexibility index (Phi) is 7.83. The molecule has 3 aromatic carbocycles. The highest BCUT2D eigenvalue weighted by Gasteiger charge is 2.11. The van der Waals surface area contributed by atoms with Crippen molar-refractivity contribution in [1.29, 1.82) is 0 Å². The van der Waals surface area contributed by atoms with Crippen molar-refractivity contribution in [3.05, 3.63) is 102 Å². The Hall–Kier alpha value is -4.06. The SMILES string of the molecule is C=CCOc1ccc(/C=N/NC(=O)c2ccc(OCc3ccccc3)c(OC)c2)cc1. The van der Waals surface area contributed by atoms with Crippen LogP contribution in [0.25, 0.3) is 0 Å². The highest BCUT2D eigenvalue weighted by Crippen LogP contribution is 2.28. The zero-order valence-electron chi connectivity index (χ0n) is 17.3. The van der Waals surface area contributed by atoms with Gasteiger partial charge in [0.2, 0.25) is 0 Å². The highest BCUT2D eigenvalue weighted by molar-refractivity contribution is 5.95. The fourth-order valence-electron chi connectivity index (χ4n) is 2.70. The second-order valence-corrected chi connectivity index (χ2v) is 6.51. The summed E-state index contributed by atoms with van der Waals surface area (Å²) in [5.41, 5.74) is 4.80. The smallest absolute Gasteiger partial charge is 0.271 e. The number of amides is 1. The van der Waals surface area contributed by atoms with Gasteiger partial charge in [0.1, 0.15) is 19.0 Å². The molecule has 6 heteroatoms. The van der Waals surface area contributed by atoms with Crippen molar-refractivity contribution >= 4 is 12.1 Å². The molecule has 0 aliphatic carbocycles. The Morgan fingerprint density at radius 1 is 1.00 bits per heavy atom. The molecule has 1 N–H and O–H groups in total. The summed E-state index contributed by atoms with van der Waals surface area (Å²) in [6, 6.07) is 22.2. The van der Waals surface area contributed by atoms with Crippen LogP contribution < -0.4 is 19.6 Å². The Bertz CT molecular complexity index is 1030. The van der Waals surface area contributed by atoms with Crippen molar-refractivity contribution in [2.45, 2.75) is 6.61 Å². The topological polar surface area (TPSA) is 69.2 Å². The van der Waals surface area contributed by atoms with Gasteiger partial charge >= 0.3 is 0 Å². The third-order valence-electron chi connectivity index (χ3n) is 4.29. The summed E-state index contributed by atoms with van der Waals surface area (Å²) in [6.07, 6.45) is 3.24. The fraction of sp³-hybridized carbons (Fsp3) is 0.120. The zero-order chi connectivity index (χ0) is 21.9. The zero-order valence-corrected chi connectivity index (χ0v) is 17.3. The quantitative estimate of drug-likeness (QED) is 0.298. The van der Waals surface area contributed by atoms with Crippen molar-refractivity contribution in [3.63, 3.8) is 0 Å². The lowest BCUT2D eigenvalue weighted by atomic mass is 10.2. The van der Waals surface area contributed by atoms with Crippen molar-refractivity contribution in [2.24, 2.45) is 5.10 Å². The van der Waals surface area contributed by atoms with E-state index in [0.717, 1.165) is 16.9 Å². The lowest BCUT2D eigenvalue weighted by Gasteiger charge is -2.12. The van der Waals surface area contributed by atoms with E-state index < -0.39 is 0 Å². The molecular weight excluding hydrogens is 392 g/mol. The lowest BCUT2D eigenvalue weighted by molar-refractivity contribution is 0.0954. The molecule has 31 heavy (non-hydrogen) atoms. The number of nitrogens with zero attached hydrogens (tertiary/aromatic N) is 1. The van der Waals surface area contributed by atoms with Gasteiger partial charge in [0, 0.05) is 5.56 Å². The number of hydrogen-bond acceptors (Lipinski definition) is 5. The van der Waals surface area contributed by atoms with Crippen LogP contribution in [0.15, 0.2) is 90.6 Å². The Morgan fingerprint density at radius 3 is 2.48 bits per heavy atom. The first-order valence-electron chi connectivity index (χ1n) is 9.71. The fourth-order valence-corrected chi connectivity index (χ4v) is 2.70. The number of carbonyl (C=O) groups is 1. The first kappa shape index (κ1) is 21.6. The summed E-state index contributed by atoms with van der Waals surface area (Å²) in [7, 11) is 1.53. The molecule has 0 aromatic heterocycles. The number of rotatable bonds is 10. The number of benzene rings is 3. The summed E-state index contributed by atoms with van der Waals surface area (Å²) < 4.78 is 16.6. The number of carbonyl (C=O) groups excluding carboxylic acids is 1. The monoisotopic (exact) mass is 416 g/mol. The normalized spacial score (nSPS) is 10.5. The van der Waals surface area contributed by atoms with Crippen LogP contribution in [-0.4, -0.2) is 25.8 Å². The molecule has 3 rings (SSSR count). The summed E-state index contributed by atoms with van der Waals surface area (Å²) in [5, 5.41) is 4.01. The van der Waals surface area contributed by atoms with Gasteiger partial charge in [-0.2, -0.15) is 5.10 Å². The minimum atomic E-state index is -0.352. The van der Waals surface area contributed by atoms with E-state index in [2.05, 4.69) is 17.1 Å². The van der Waals surface area contributed by atoms with E-state index >= 15 is 0 Å². The van der Waals surface area contributed by atoms with Gasteiger partial charge in [-0.25, -0.2) is 5.43 Å². The third-order valence-corrected chi connectivity index (χ3v) is 4.29. The average molecular weight is 416 g/mol. The van der Waals surface area contributed by atoms with Crippen LogP contribution in [0.2, 0.25) is 0 Å². The van der Waals surface area contributed by atoms with Gasteiger partial charge in [-0.3, -0.25) is 4.79 Å². The summed E-state index contributed by atoms with van der Waals surface area (Å²) in [6.45, 7) is 4.47. The maximum absolute atomic E-state index is 12.4. The van der Waals surface area contributed by atoms with Gasteiger partial charge in [-0.05, 0) is 53.6 Å². The van der Waals surface area contributed by atoms with Crippen LogP contribution in [0.3, 0.4) is 0 Å². The van der Waals surface area contributed by atoms with E-state index in [9.17, 15) is 4.79 Å². The maximum atomic E-state index is 12.4. The molecule has 0 aliphatic rings. The predicted molar refractivity (Wildman–Crippen MR) is 121 cm³/mol. The standard InChI is InChI=1S/C25H24N2O4/c1-3-15-30-22-12-9-19(10-13-22)17-26-27-25(28)21-11-14-23(24(16-21)29-2)31-18-20-7-5-4-6-8-20/h3-14,16-17H,1,15,18H2,2H3,(H,27,28)/b26-17+. The Morgan fingerprint density at radius 2 is 1.77 bits per heavy atom. The molecule has 0 saturated carbocycles. The number of methoxy groups -OCH3 is 1. The summed E-state index contributed by atoms with van der Waals surface area (Å²) in [4.78, 5) is 12.4. The number of hydrazone groups is 1. The van der Waals surface area contributed by atoms with Crippen LogP contribution in [0.5, 0.6) is 17.2 Å². The van der Waals surface area contributed by atoms with Crippen molar-refractivity contribution in [1.82, 2.24) is 5.43 Å².